The minimum atomic E-state index is -1.85. The molecule has 2 unspecified atom stereocenters. The molecule has 12 heteroatoms. The van der Waals surface area contributed by atoms with E-state index in [1.54, 1.807) is 0 Å². The summed E-state index contributed by atoms with van der Waals surface area (Å²) in [5.74, 6) is -3.05. The molecule has 176 valence electrons. The molecule has 2 aromatic carbocycles. The summed E-state index contributed by atoms with van der Waals surface area (Å²) in [6.45, 7) is -0.740. The number of hydrogen-bond donors (Lipinski definition) is 8. The van der Waals surface area contributed by atoms with Gasteiger partial charge in [0, 0.05) is 17.7 Å². The van der Waals surface area contributed by atoms with E-state index in [0.717, 1.165) is 24.3 Å². The summed E-state index contributed by atoms with van der Waals surface area (Å²) >= 11 is 0. The predicted molar refractivity (Wildman–Crippen MR) is 109 cm³/mol. The Balaban J connectivity index is 1.91. The van der Waals surface area contributed by atoms with E-state index >= 15 is 0 Å². The number of ether oxygens (including phenoxy) is 2. The zero-order chi connectivity index (χ0) is 24.0. The highest BCUT2D eigenvalue weighted by Crippen LogP contribution is 2.39. The molecule has 1 aliphatic heterocycles. The average molecular weight is 464 g/mol. The fourth-order valence-corrected chi connectivity index (χ4v) is 3.51. The Labute approximate surface area is 184 Å². The number of hydrogen-bond acceptors (Lipinski definition) is 12. The number of fused-ring (bicyclic) bond motifs is 1. The minimum absolute atomic E-state index is 0.0201. The van der Waals surface area contributed by atoms with Crippen LogP contribution in [-0.4, -0.2) is 78.2 Å². The third-order valence-corrected chi connectivity index (χ3v) is 5.24. The van der Waals surface area contributed by atoms with Crippen LogP contribution in [-0.2, 0) is 4.74 Å². The zero-order valence-electron chi connectivity index (χ0n) is 16.7. The van der Waals surface area contributed by atoms with Crippen LogP contribution in [0.4, 0.5) is 0 Å². The Bertz CT molecular complexity index is 1250. The molecule has 1 fully saturated rings. The Morgan fingerprint density at radius 1 is 0.879 bits per heavy atom. The molecule has 4 rings (SSSR count). The molecule has 5 atom stereocenters. The molecule has 8 N–H and O–H groups in total. The first-order chi connectivity index (χ1) is 15.6. The number of rotatable bonds is 4. The first-order valence-electron chi connectivity index (χ1n) is 9.64. The predicted octanol–water partition coefficient (Wildman–Crippen LogP) is -0.539. The van der Waals surface area contributed by atoms with Gasteiger partial charge in [0.25, 0.3) is 0 Å². The molecule has 0 spiro atoms. The smallest absolute Gasteiger partial charge is 0.239 e. The van der Waals surface area contributed by atoms with Crippen LogP contribution in [0.15, 0.2) is 39.5 Å². The lowest BCUT2D eigenvalue weighted by Gasteiger charge is -2.39. The number of benzene rings is 2. The van der Waals surface area contributed by atoms with Crippen molar-refractivity contribution in [2.24, 2.45) is 0 Å². The highest BCUT2D eigenvalue weighted by molar-refractivity contribution is 5.88. The maximum absolute atomic E-state index is 13.2. The quantitative estimate of drug-likeness (QED) is 0.229. The largest absolute Gasteiger partial charge is 0.508 e. The lowest BCUT2D eigenvalue weighted by molar-refractivity contribution is -0.277. The Kier molecular flexibility index (Phi) is 5.78. The second-order valence-corrected chi connectivity index (χ2v) is 7.45. The lowest BCUT2D eigenvalue weighted by Crippen LogP contribution is -2.60. The molecule has 0 radical (unpaired) electrons. The van der Waals surface area contributed by atoms with Gasteiger partial charge >= 0.3 is 0 Å². The highest BCUT2D eigenvalue weighted by atomic mass is 16.7. The van der Waals surface area contributed by atoms with Crippen LogP contribution in [0.25, 0.3) is 22.3 Å². The maximum Gasteiger partial charge on any atom is 0.239 e. The van der Waals surface area contributed by atoms with Gasteiger partial charge < -0.3 is 54.7 Å². The van der Waals surface area contributed by atoms with E-state index in [9.17, 15) is 45.6 Å². The fraction of sp³-hybridized carbons (Fsp3) is 0.286. The molecule has 0 amide bonds. The van der Waals surface area contributed by atoms with E-state index < -0.39 is 71.5 Å². The summed E-state index contributed by atoms with van der Waals surface area (Å²) < 4.78 is 16.5. The van der Waals surface area contributed by atoms with E-state index in [4.69, 9.17) is 13.9 Å². The normalized spacial score (nSPS) is 25.3. The first kappa shape index (κ1) is 22.6. The van der Waals surface area contributed by atoms with Crippen LogP contribution >= 0.6 is 0 Å². The van der Waals surface area contributed by atoms with E-state index in [1.807, 2.05) is 0 Å². The number of aliphatic hydroxyl groups is 4. The molecule has 12 nitrogen and oxygen atoms in total. The minimum Gasteiger partial charge on any atom is -0.508 e. The van der Waals surface area contributed by atoms with Gasteiger partial charge in [-0.2, -0.15) is 0 Å². The second kappa shape index (κ2) is 8.42. The van der Waals surface area contributed by atoms with Crippen molar-refractivity contribution in [1.82, 2.24) is 0 Å². The number of phenols is 4. The fourth-order valence-electron chi connectivity index (χ4n) is 3.51. The van der Waals surface area contributed by atoms with Crippen LogP contribution in [0.1, 0.15) is 0 Å². The summed E-state index contributed by atoms with van der Waals surface area (Å²) in [6.07, 6.45) is -8.40. The Morgan fingerprint density at radius 2 is 1.61 bits per heavy atom. The molecular weight excluding hydrogens is 444 g/mol. The van der Waals surface area contributed by atoms with Crippen LogP contribution in [0.3, 0.4) is 0 Å². The highest BCUT2D eigenvalue weighted by Gasteiger charge is 2.45. The van der Waals surface area contributed by atoms with Crippen LogP contribution < -0.4 is 10.2 Å². The number of aliphatic hydroxyl groups excluding tert-OH is 4. The molecule has 1 aliphatic rings. The molecule has 0 bridgehead atoms. The van der Waals surface area contributed by atoms with Crippen molar-refractivity contribution >= 4 is 11.0 Å². The Morgan fingerprint density at radius 3 is 2.27 bits per heavy atom. The van der Waals surface area contributed by atoms with Gasteiger partial charge in [-0.3, -0.25) is 4.79 Å². The van der Waals surface area contributed by atoms with Crippen molar-refractivity contribution in [2.45, 2.75) is 30.7 Å². The van der Waals surface area contributed by atoms with Gasteiger partial charge in [0.1, 0.15) is 46.9 Å². The molecule has 0 aliphatic carbocycles. The Hall–Kier alpha value is -3.55. The number of phenolic OH excluding ortho intramolecular Hbond substituents is 4. The maximum atomic E-state index is 13.2. The second-order valence-electron chi connectivity index (χ2n) is 7.45. The van der Waals surface area contributed by atoms with E-state index in [0.29, 0.717) is 0 Å². The van der Waals surface area contributed by atoms with Crippen molar-refractivity contribution in [1.29, 1.82) is 0 Å². The van der Waals surface area contributed by atoms with E-state index in [2.05, 4.69) is 0 Å². The standard InChI is InChI=1S/C21H20O12/c22-6-13-15(27)17(29)18(30)21(32-13)33-20-16(28)14-11(26)4-8(23)5-12(14)31-19(20)7-1-2-9(24)10(25)3-7/h1-5,13,15,17-18,21-27,29-30H,6H2/t13?,15-,17?,18+,21+/m1/s1. The van der Waals surface area contributed by atoms with Gasteiger partial charge in [-0.05, 0) is 18.2 Å². The van der Waals surface area contributed by atoms with E-state index in [1.165, 1.54) is 6.07 Å². The molecule has 1 saturated heterocycles. The van der Waals surface area contributed by atoms with Crippen molar-refractivity contribution in [3.8, 4) is 40.1 Å². The topological polar surface area (TPSA) is 211 Å². The lowest BCUT2D eigenvalue weighted by atomic mass is 9.99. The summed E-state index contributed by atoms with van der Waals surface area (Å²) in [5, 5.41) is 78.7. The van der Waals surface area contributed by atoms with Gasteiger partial charge in [0.05, 0.1) is 6.61 Å². The van der Waals surface area contributed by atoms with Gasteiger partial charge in [-0.1, -0.05) is 0 Å². The van der Waals surface area contributed by atoms with Crippen molar-refractivity contribution in [2.75, 3.05) is 6.61 Å². The molecule has 0 saturated carbocycles. The molecular formula is C21H20O12. The third-order valence-electron chi connectivity index (χ3n) is 5.24. The summed E-state index contributed by atoms with van der Waals surface area (Å²) in [7, 11) is 0. The molecule has 3 aromatic rings. The SMILES string of the molecule is O=c1c(O[C@@H]2OC(CO)[C@@H](O)C(O)[C@@H]2O)c(-c2ccc(O)c(O)c2)oc2cc(O)cc(O)c12. The molecule has 1 aromatic heterocycles. The van der Waals surface area contributed by atoms with Crippen LogP contribution in [0.5, 0.6) is 28.7 Å². The van der Waals surface area contributed by atoms with Crippen LogP contribution in [0.2, 0.25) is 0 Å². The summed E-state index contributed by atoms with van der Waals surface area (Å²) in [4.78, 5) is 13.2. The summed E-state index contributed by atoms with van der Waals surface area (Å²) in [5.41, 5.74) is -1.19. The first-order valence-corrected chi connectivity index (χ1v) is 9.64. The third kappa shape index (κ3) is 3.90. The summed E-state index contributed by atoms with van der Waals surface area (Å²) in [6, 6.07) is 5.36. The van der Waals surface area contributed by atoms with Gasteiger partial charge in [-0.25, -0.2) is 0 Å². The van der Waals surface area contributed by atoms with Gasteiger partial charge in [0.15, 0.2) is 17.3 Å². The van der Waals surface area contributed by atoms with Crippen LogP contribution in [0, 0.1) is 0 Å². The van der Waals surface area contributed by atoms with Crippen molar-refractivity contribution in [3.05, 3.63) is 40.6 Å². The average Bonchev–Trinajstić information content (AvgIpc) is 2.76. The van der Waals surface area contributed by atoms with Crippen molar-refractivity contribution < 1.29 is 54.7 Å². The monoisotopic (exact) mass is 464 g/mol. The molecule has 33 heavy (non-hydrogen) atoms. The molecule has 2 heterocycles. The van der Waals surface area contributed by atoms with Gasteiger partial charge in [0.2, 0.25) is 17.5 Å². The van der Waals surface area contributed by atoms with Gasteiger partial charge in [-0.15, -0.1) is 0 Å². The van der Waals surface area contributed by atoms with Crippen molar-refractivity contribution in [3.63, 3.8) is 0 Å². The zero-order valence-corrected chi connectivity index (χ0v) is 16.7. The number of aromatic hydroxyl groups is 4. The van der Waals surface area contributed by atoms with E-state index in [-0.39, 0.29) is 22.3 Å².